The highest BCUT2D eigenvalue weighted by molar-refractivity contribution is 8.00. The fourth-order valence-electron chi connectivity index (χ4n) is 2.34. The minimum Gasteiger partial charge on any atom is -0.366 e. The number of carbonyl (C=O) groups is 2. The second-order valence-electron chi connectivity index (χ2n) is 5.75. The summed E-state index contributed by atoms with van der Waals surface area (Å²) in [5.41, 5.74) is 9.20. The summed E-state index contributed by atoms with van der Waals surface area (Å²) in [7, 11) is 0. The average Bonchev–Trinajstić information content (AvgIpc) is 2.96. The van der Waals surface area contributed by atoms with Crippen LogP contribution in [0.5, 0.6) is 0 Å². The van der Waals surface area contributed by atoms with Gasteiger partial charge in [0.2, 0.25) is 11.8 Å². The average molecular weight is 354 g/mol. The van der Waals surface area contributed by atoms with Gasteiger partial charge >= 0.3 is 0 Å². The van der Waals surface area contributed by atoms with Crippen LogP contribution < -0.4 is 11.1 Å². The van der Waals surface area contributed by atoms with Crippen molar-refractivity contribution in [2.45, 2.75) is 24.3 Å². The maximum Gasteiger partial charge on any atom is 0.248 e. The topological polar surface area (TPSA) is 101 Å². The molecule has 25 heavy (non-hydrogen) atoms. The van der Waals surface area contributed by atoms with Crippen molar-refractivity contribution in [2.24, 2.45) is 5.73 Å². The van der Waals surface area contributed by atoms with E-state index in [0.29, 0.717) is 16.4 Å². The van der Waals surface area contributed by atoms with Crippen LogP contribution in [0.2, 0.25) is 0 Å². The van der Waals surface area contributed by atoms with E-state index in [9.17, 15) is 9.59 Å². The van der Waals surface area contributed by atoms with E-state index in [1.54, 1.807) is 24.3 Å². The fraction of sp³-hybridized carbons (Fsp3) is 0.167. The lowest BCUT2D eigenvalue weighted by Crippen LogP contribution is -2.22. The number of aromatic amines is 1. The van der Waals surface area contributed by atoms with Crippen molar-refractivity contribution in [1.29, 1.82) is 0 Å². The number of nitrogens with two attached hydrogens (primary N) is 1. The Bertz CT molecular complexity index is 934. The number of amides is 2. The highest BCUT2D eigenvalue weighted by Crippen LogP contribution is 2.25. The van der Waals surface area contributed by atoms with E-state index in [4.69, 9.17) is 5.73 Å². The monoisotopic (exact) mass is 354 g/mol. The van der Waals surface area contributed by atoms with E-state index in [1.165, 1.54) is 11.8 Å². The number of rotatable bonds is 5. The third-order valence-corrected chi connectivity index (χ3v) is 4.69. The Kier molecular flexibility index (Phi) is 4.76. The number of fused-ring (bicyclic) bond motifs is 1. The van der Waals surface area contributed by atoms with Gasteiger partial charge in [-0.3, -0.25) is 9.59 Å². The first kappa shape index (κ1) is 17.0. The summed E-state index contributed by atoms with van der Waals surface area (Å²) in [6.07, 6.45) is 0. The van der Waals surface area contributed by atoms with Crippen molar-refractivity contribution in [3.63, 3.8) is 0 Å². The standard InChI is InChI=1S/C18H18N4O2S/c1-10-3-8-14-15(9-10)22-18(21-14)25-11(2)17(24)20-13-6-4-12(5-7-13)16(19)23/h3-9,11H,1-2H3,(H2,19,23)(H,20,24)(H,21,22). The number of aryl methyl sites for hydroxylation is 1. The zero-order valence-corrected chi connectivity index (χ0v) is 14.7. The molecule has 0 bridgehead atoms. The minimum absolute atomic E-state index is 0.145. The van der Waals surface area contributed by atoms with E-state index >= 15 is 0 Å². The van der Waals surface area contributed by atoms with Gasteiger partial charge in [-0.05, 0) is 55.8 Å². The molecule has 3 aromatic rings. The van der Waals surface area contributed by atoms with Crippen LogP contribution in [0.15, 0.2) is 47.6 Å². The molecule has 0 spiro atoms. The molecule has 0 radical (unpaired) electrons. The number of hydrogen-bond acceptors (Lipinski definition) is 4. The van der Waals surface area contributed by atoms with E-state index in [-0.39, 0.29) is 11.2 Å². The second-order valence-corrected chi connectivity index (χ2v) is 7.08. The van der Waals surface area contributed by atoms with Gasteiger partial charge in [-0.25, -0.2) is 4.98 Å². The number of hydrogen-bond donors (Lipinski definition) is 3. The highest BCUT2D eigenvalue weighted by atomic mass is 32.2. The SMILES string of the molecule is Cc1ccc2nc(SC(C)C(=O)Nc3ccc(C(N)=O)cc3)[nH]c2c1. The van der Waals surface area contributed by atoms with Gasteiger partial charge in [0.05, 0.1) is 16.3 Å². The van der Waals surface area contributed by atoms with Crippen molar-refractivity contribution in [3.05, 3.63) is 53.6 Å². The molecule has 7 heteroatoms. The lowest BCUT2D eigenvalue weighted by atomic mass is 10.2. The van der Waals surface area contributed by atoms with Crippen molar-refractivity contribution in [3.8, 4) is 0 Å². The van der Waals surface area contributed by atoms with Crippen molar-refractivity contribution >= 4 is 40.3 Å². The molecule has 1 aromatic heterocycles. The molecule has 0 saturated carbocycles. The van der Waals surface area contributed by atoms with Gasteiger partial charge in [-0.2, -0.15) is 0 Å². The van der Waals surface area contributed by atoms with Gasteiger partial charge in [-0.15, -0.1) is 0 Å². The fourth-order valence-corrected chi connectivity index (χ4v) is 3.16. The lowest BCUT2D eigenvalue weighted by molar-refractivity contribution is -0.115. The number of nitrogens with zero attached hydrogens (tertiary/aromatic N) is 1. The van der Waals surface area contributed by atoms with Gasteiger partial charge in [0.1, 0.15) is 0 Å². The predicted molar refractivity (Wildman–Crippen MR) is 99.7 cm³/mol. The van der Waals surface area contributed by atoms with Crippen LogP contribution in [-0.2, 0) is 4.79 Å². The van der Waals surface area contributed by atoms with Gasteiger partial charge < -0.3 is 16.0 Å². The summed E-state index contributed by atoms with van der Waals surface area (Å²) >= 11 is 1.36. The van der Waals surface area contributed by atoms with Crippen molar-refractivity contribution < 1.29 is 9.59 Å². The third-order valence-electron chi connectivity index (χ3n) is 3.71. The van der Waals surface area contributed by atoms with Crippen LogP contribution in [0.25, 0.3) is 11.0 Å². The van der Waals surface area contributed by atoms with Crippen molar-refractivity contribution in [2.75, 3.05) is 5.32 Å². The van der Waals surface area contributed by atoms with Crippen molar-refractivity contribution in [1.82, 2.24) is 9.97 Å². The number of thioether (sulfide) groups is 1. The van der Waals surface area contributed by atoms with Gasteiger partial charge in [0.25, 0.3) is 0 Å². The molecular weight excluding hydrogens is 336 g/mol. The zero-order valence-electron chi connectivity index (χ0n) is 13.9. The van der Waals surface area contributed by atoms with E-state index in [2.05, 4.69) is 15.3 Å². The number of primary amides is 1. The quantitative estimate of drug-likeness (QED) is 0.613. The first-order valence-corrected chi connectivity index (χ1v) is 8.64. The normalized spacial score (nSPS) is 12.1. The molecule has 3 rings (SSSR count). The molecule has 0 aliphatic carbocycles. The summed E-state index contributed by atoms with van der Waals surface area (Å²) in [6.45, 7) is 3.84. The Morgan fingerprint density at radius 3 is 2.60 bits per heavy atom. The molecular formula is C18H18N4O2S. The smallest absolute Gasteiger partial charge is 0.248 e. The third kappa shape index (κ3) is 4.00. The Balaban J connectivity index is 1.66. The number of aromatic nitrogens is 2. The van der Waals surface area contributed by atoms with Crippen LogP contribution in [0.4, 0.5) is 5.69 Å². The second kappa shape index (κ2) is 6.98. The molecule has 128 valence electrons. The number of imidazole rings is 1. The maximum absolute atomic E-state index is 12.3. The number of H-pyrrole nitrogens is 1. The molecule has 4 N–H and O–H groups in total. The first-order chi connectivity index (χ1) is 11.9. The maximum atomic E-state index is 12.3. The van der Waals surface area contributed by atoms with Gasteiger partial charge in [0, 0.05) is 11.3 Å². The largest absolute Gasteiger partial charge is 0.366 e. The molecule has 6 nitrogen and oxygen atoms in total. The van der Waals surface area contributed by atoms with Crippen LogP contribution >= 0.6 is 11.8 Å². The predicted octanol–water partition coefficient (Wildman–Crippen LogP) is 3.09. The zero-order chi connectivity index (χ0) is 18.0. The molecule has 0 saturated heterocycles. The molecule has 1 unspecified atom stereocenters. The van der Waals surface area contributed by atoms with Crippen LogP contribution in [-0.4, -0.2) is 27.0 Å². The molecule has 0 aliphatic rings. The summed E-state index contributed by atoms with van der Waals surface area (Å²) in [4.78, 5) is 31.1. The highest BCUT2D eigenvalue weighted by Gasteiger charge is 2.17. The summed E-state index contributed by atoms with van der Waals surface area (Å²) in [5, 5.41) is 3.18. The van der Waals surface area contributed by atoms with Crippen LogP contribution in [0.1, 0.15) is 22.8 Å². The lowest BCUT2D eigenvalue weighted by Gasteiger charge is -2.10. The van der Waals surface area contributed by atoms with E-state index < -0.39 is 5.91 Å². The molecule has 0 fully saturated rings. The van der Waals surface area contributed by atoms with E-state index in [1.807, 2.05) is 32.0 Å². The summed E-state index contributed by atoms with van der Waals surface area (Å²) in [5.74, 6) is -0.643. The summed E-state index contributed by atoms with van der Waals surface area (Å²) < 4.78 is 0. The Morgan fingerprint density at radius 2 is 1.92 bits per heavy atom. The van der Waals surface area contributed by atoms with Gasteiger partial charge in [-0.1, -0.05) is 17.8 Å². The Morgan fingerprint density at radius 1 is 1.20 bits per heavy atom. The minimum atomic E-state index is -0.498. The van der Waals surface area contributed by atoms with E-state index in [0.717, 1.165) is 16.6 Å². The number of benzene rings is 2. The molecule has 1 atom stereocenters. The number of carbonyl (C=O) groups excluding carboxylic acids is 2. The molecule has 1 heterocycles. The Hall–Kier alpha value is -2.80. The van der Waals surface area contributed by atoms with Crippen LogP contribution in [0, 0.1) is 6.92 Å². The molecule has 2 aromatic carbocycles. The number of nitrogens with one attached hydrogen (secondary N) is 2. The summed E-state index contributed by atoms with van der Waals surface area (Å²) in [6, 6.07) is 12.4. The Labute approximate surface area is 149 Å². The molecule has 2 amide bonds. The molecule has 0 aliphatic heterocycles. The van der Waals surface area contributed by atoms with Crippen LogP contribution in [0.3, 0.4) is 0 Å². The number of anilines is 1. The van der Waals surface area contributed by atoms with Gasteiger partial charge in [0.15, 0.2) is 5.16 Å². The first-order valence-electron chi connectivity index (χ1n) is 7.76.